The molecule has 0 aliphatic carbocycles. The Hall–Kier alpha value is -1.11. The quantitative estimate of drug-likeness (QED) is 0.423. The molecule has 0 saturated carbocycles. The minimum Gasteiger partial charge on any atom is -0.495 e. The van der Waals surface area contributed by atoms with Gasteiger partial charge in [0.15, 0.2) is 5.78 Å². The van der Waals surface area contributed by atoms with Crippen molar-refractivity contribution in [3.8, 4) is 5.75 Å². The maximum absolute atomic E-state index is 12.3. The van der Waals surface area contributed by atoms with Gasteiger partial charge in [-0.15, -0.1) is 11.6 Å². The summed E-state index contributed by atoms with van der Waals surface area (Å²) in [6, 6.07) is 4.20. The van der Waals surface area contributed by atoms with Crippen LogP contribution in [0.25, 0.3) is 0 Å². The molecule has 0 radical (unpaired) electrons. The highest BCUT2D eigenvalue weighted by Gasteiger charge is 2.22. The van der Waals surface area contributed by atoms with Crippen LogP contribution in [0.3, 0.4) is 0 Å². The first-order valence-electron chi connectivity index (χ1n) is 7.11. The van der Waals surface area contributed by atoms with E-state index in [0.717, 1.165) is 6.42 Å². The Kier molecular flexibility index (Phi) is 7.32. The van der Waals surface area contributed by atoms with Gasteiger partial charge in [-0.1, -0.05) is 0 Å². The van der Waals surface area contributed by atoms with Crippen LogP contribution in [0.5, 0.6) is 5.75 Å². The second-order valence-corrected chi connectivity index (χ2v) is 7.27. The predicted molar refractivity (Wildman–Crippen MR) is 87.4 cm³/mol. The summed E-state index contributed by atoms with van der Waals surface area (Å²) < 4.78 is 32.3. The van der Waals surface area contributed by atoms with Crippen LogP contribution in [-0.2, 0) is 10.0 Å². The molecule has 124 valence electrons. The summed E-state index contributed by atoms with van der Waals surface area (Å²) in [6.07, 6.45) is 1.78. The molecule has 0 saturated heterocycles. The molecule has 5 nitrogen and oxygen atoms in total. The lowest BCUT2D eigenvalue weighted by molar-refractivity contribution is 0.0979. The summed E-state index contributed by atoms with van der Waals surface area (Å²) in [6.45, 7) is 3.45. The van der Waals surface area contributed by atoms with Gasteiger partial charge in [-0.3, -0.25) is 4.79 Å². The van der Waals surface area contributed by atoms with E-state index < -0.39 is 10.0 Å². The zero-order chi connectivity index (χ0) is 16.8. The summed E-state index contributed by atoms with van der Waals surface area (Å²) in [4.78, 5) is 12.1. The van der Waals surface area contributed by atoms with E-state index in [2.05, 4.69) is 4.72 Å². The largest absolute Gasteiger partial charge is 0.495 e. The van der Waals surface area contributed by atoms with E-state index in [1.165, 1.54) is 19.2 Å². The highest BCUT2D eigenvalue weighted by atomic mass is 35.5. The maximum Gasteiger partial charge on any atom is 0.244 e. The standard InChI is InChI=1S/C15H22ClNO4S/c1-11(2)17-22(19,20)15-10-12(7-8-14(15)21-3)13(18)6-4-5-9-16/h7-8,10-11,17H,4-6,9H2,1-3H3. The van der Waals surface area contributed by atoms with E-state index >= 15 is 0 Å². The summed E-state index contributed by atoms with van der Waals surface area (Å²) >= 11 is 5.59. The number of unbranched alkanes of at least 4 members (excludes halogenated alkanes) is 1. The van der Waals surface area contributed by atoms with Gasteiger partial charge >= 0.3 is 0 Å². The van der Waals surface area contributed by atoms with Crippen molar-refractivity contribution in [3.05, 3.63) is 23.8 Å². The molecule has 0 spiro atoms. The number of carbonyl (C=O) groups excluding carboxylic acids is 1. The Morgan fingerprint density at radius 2 is 2.00 bits per heavy atom. The van der Waals surface area contributed by atoms with Gasteiger partial charge in [-0.2, -0.15) is 0 Å². The number of alkyl halides is 1. The number of hydrogen-bond donors (Lipinski definition) is 1. The van der Waals surface area contributed by atoms with E-state index in [-0.39, 0.29) is 22.5 Å². The lowest BCUT2D eigenvalue weighted by Crippen LogP contribution is -2.30. The Bertz CT molecular complexity index is 614. The van der Waals surface area contributed by atoms with Gasteiger partial charge in [-0.25, -0.2) is 13.1 Å². The van der Waals surface area contributed by atoms with Crippen molar-refractivity contribution >= 4 is 27.4 Å². The van der Waals surface area contributed by atoms with Crippen molar-refractivity contribution in [1.29, 1.82) is 0 Å². The van der Waals surface area contributed by atoms with Crippen molar-refractivity contribution in [1.82, 2.24) is 4.72 Å². The van der Waals surface area contributed by atoms with Gasteiger partial charge in [-0.05, 0) is 44.9 Å². The van der Waals surface area contributed by atoms with Crippen molar-refractivity contribution in [2.45, 2.75) is 44.0 Å². The fourth-order valence-corrected chi connectivity index (χ4v) is 3.59. The summed E-state index contributed by atoms with van der Waals surface area (Å²) in [5.41, 5.74) is 0.361. The highest BCUT2D eigenvalue weighted by Crippen LogP contribution is 2.26. The number of sulfonamides is 1. The first-order valence-corrected chi connectivity index (χ1v) is 9.13. The zero-order valence-electron chi connectivity index (χ0n) is 13.1. The fraction of sp³-hybridized carbons (Fsp3) is 0.533. The number of rotatable bonds is 9. The number of methoxy groups -OCH3 is 1. The van der Waals surface area contributed by atoms with Crippen molar-refractivity contribution in [2.75, 3.05) is 13.0 Å². The van der Waals surface area contributed by atoms with Crippen LogP contribution in [0, 0.1) is 0 Å². The third kappa shape index (κ3) is 5.26. The van der Waals surface area contributed by atoms with Crippen LogP contribution in [0.1, 0.15) is 43.5 Å². The Labute approximate surface area is 137 Å². The molecule has 0 atom stereocenters. The molecule has 1 aromatic rings. The molecule has 0 fully saturated rings. The van der Waals surface area contributed by atoms with Crippen molar-refractivity contribution < 1.29 is 17.9 Å². The summed E-state index contributed by atoms with van der Waals surface area (Å²) in [7, 11) is -2.34. The van der Waals surface area contributed by atoms with Gasteiger partial charge in [0.25, 0.3) is 0 Å². The minimum atomic E-state index is -3.73. The average molecular weight is 348 g/mol. The molecule has 0 aromatic heterocycles. The lowest BCUT2D eigenvalue weighted by atomic mass is 10.1. The molecule has 1 rings (SSSR count). The third-order valence-corrected chi connectivity index (χ3v) is 4.90. The van der Waals surface area contributed by atoms with Gasteiger partial charge in [0.1, 0.15) is 10.6 Å². The fourth-order valence-electron chi connectivity index (χ4n) is 1.96. The third-order valence-electron chi connectivity index (χ3n) is 2.95. The Morgan fingerprint density at radius 3 is 2.55 bits per heavy atom. The second kappa shape index (κ2) is 8.50. The SMILES string of the molecule is COc1ccc(C(=O)CCCCCl)cc1S(=O)(=O)NC(C)C. The normalized spacial score (nSPS) is 11.7. The molecule has 0 heterocycles. The molecule has 0 bridgehead atoms. The number of ether oxygens (including phenoxy) is 1. The van der Waals surface area contributed by atoms with Crippen LogP contribution in [0.4, 0.5) is 0 Å². The van der Waals surface area contributed by atoms with E-state index in [1.54, 1.807) is 19.9 Å². The molecule has 22 heavy (non-hydrogen) atoms. The minimum absolute atomic E-state index is 0.0214. The molecule has 1 aromatic carbocycles. The number of halogens is 1. The smallest absolute Gasteiger partial charge is 0.244 e. The molecule has 1 N–H and O–H groups in total. The topological polar surface area (TPSA) is 72.5 Å². The summed E-state index contributed by atoms with van der Waals surface area (Å²) in [5, 5.41) is 0. The lowest BCUT2D eigenvalue weighted by Gasteiger charge is -2.14. The van der Waals surface area contributed by atoms with Gasteiger partial charge < -0.3 is 4.74 Å². The van der Waals surface area contributed by atoms with Crippen LogP contribution in [0.2, 0.25) is 0 Å². The van der Waals surface area contributed by atoms with E-state index in [4.69, 9.17) is 16.3 Å². The zero-order valence-corrected chi connectivity index (χ0v) is 14.6. The molecule has 0 unspecified atom stereocenters. The first kappa shape index (κ1) is 18.9. The van der Waals surface area contributed by atoms with E-state index in [0.29, 0.717) is 24.3 Å². The van der Waals surface area contributed by atoms with Gasteiger partial charge in [0.05, 0.1) is 7.11 Å². The average Bonchev–Trinajstić information content (AvgIpc) is 2.45. The number of benzene rings is 1. The van der Waals surface area contributed by atoms with E-state index in [1.807, 2.05) is 0 Å². The van der Waals surface area contributed by atoms with Gasteiger partial charge in [0, 0.05) is 23.9 Å². The molecule has 0 aliphatic heterocycles. The molecular weight excluding hydrogens is 326 g/mol. The molecule has 0 amide bonds. The molecule has 0 aliphatic rings. The van der Waals surface area contributed by atoms with E-state index in [9.17, 15) is 13.2 Å². The number of Topliss-reactive ketones (excluding diaryl/α,β-unsaturated/α-hetero) is 1. The second-order valence-electron chi connectivity index (χ2n) is 5.21. The number of hydrogen-bond acceptors (Lipinski definition) is 4. The van der Waals surface area contributed by atoms with Crippen molar-refractivity contribution in [2.24, 2.45) is 0 Å². The number of ketones is 1. The van der Waals surface area contributed by atoms with Gasteiger partial charge in [0.2, 0.25) is 10.0 Å². The Morgan fingerprint density at radius 1 is 1.32 bits per heavy atom. The molecule has 7 heteroatoms. The van der Waals surface area contributed by atoms with Crippen LogP contribution >= 0.6 is 11.6 Å². The summed E-state index contributed by atoms with van der Waals surface area (Å²) in [5.74, 6) is 0.618. The highest BCUT2D eigenvalue weighted by molar-refractivity contribution is 7.89. The van der Waals surface area contributed by atoms with Crippen LogP contribution in [0.15, 0.2) is 23.1 Å². The maximum atomic E-state index is 12.3. The number of carbonyl (C=O) groups is 1. The van der Waals surface area contributed by atoms with Crippen LogP contribution < -0.4 is 9.46 Å². The van der Waals surface area contributed by atoms with Crippen molar-refractivity contribution in [3.63, 3.8) is 0 Å². The monoisotopic (exact) mass is 347 g/mol. The predicted octanol–water partition coefficient (Wildman–Crippen LogP) is 2.97. The molecular formula is C15H22ClNO4S. The Balaban J connectivity index is 3.11. The number of nitrogens with one attached hydrogen (secondary N) is 1. The first-order chi connectivity index (χ1) is 10.3. The van der Waals surface area contributed by atoms with Crippen LogP contribution in [-0.4, -0.2) is 33.2 Å².